The number of aryl methyl sites for hydroxylation is 1. The molecule has 0 bridgehead atoms. The van der Waals surface area contributed by atoms with Gasteiger partial charge in [0, 0.05) is 25.5 Å². The van der Waals surface area contributed by atoms with Crippen LogP contribution in [0.1, 0.15) is 6.42 Å². The van der Waals surface area contributed by atoms with E-state index >= 15 is 0 Å². The molecule has 20 heteroatoms. The van der Waals surface area contributed by atoms with E-state index in [9.17, 15) is 75.0 Å². The van der Waals surface area contributed by atoms with Gasteiger partial charge in [0.25, 0.3) is 5.91 Å². The van der Waals surface area contributed by atoms with Crippen molar-refractivity contribution in [3.05, 3.63) is 18.7 Å². The standard InChI is InChI=1S/C15H11F16N3O/c16-7(17)9(18,19)11(22,23)13(26,27)15(30,31)14(28,29)12(24,25)10(20,21)8(35)33-2-1-4-34-5-3-32-6-34/h3,5-7H,1-2,4H2,(H,33,35). The van der Waals surface area contributed by atoms with Crippen molar-refractivity contribution in [2.75, 3.05) is 6.54 Å². The summed E-state index contributed by atoms with van der Waals surface area (Å²) in [4.78, 5) is 14.8. The molecule has 0 atom stereocenters. The lowest BCUT2D eigenvalue weighted by Gasteiger charge is -2.42. The fourth-order valence-corrected chi connectivity index (χ4v) is 2.27. The number of nitrogens with zero attached hydrogens (tertiary/aromatic N) is 2. The second kappa shape index (κ2) is 9.21. The zero-order valence-corrected chi connectivity index (χ0v) is 16.3. The maximum absolute atomic E-state index is 13.7. The Morgan fingerprint density at radius 2 is 1.23 bits per heavy atom. The van der Waals surface area contributed by atoms with Gasteiger partial charge in [-0.3, -0.25) is 4.79 Å². The maximum atomic E-state index is 13.7. The summed E-state index contributed by atoms with van der Waals surface area (Å²) in [6, 6.07) is 0. The lowest BCUT2D eigenvalue weighted by Crippen LogP contribution is -2.74. The van der Waals surface area contributed by atoms with E-state index in [1.54, 1.807) is 0 Å². The van der Waals surface area contributed by atoms with E-state index in [4.69, 9.17) is 0 Å². The molecule has 4 nitrogen and oxygen atoms in total. The Morgan fingerprint density at radius 1 is 0.771 bits per heavy atom. The third-order valence-electron chi connectivity index (χ3n) is 4.39. The average Bonchev–Trinajstić information content (AvgIpc) is 3.23. The minimum absolute atomic E-state index is 0.157. The van der Waals surface area contributed by atoms with Gasteiger partial charge >= 0.3 is 47.9 Å². The smallest absolute Gasteiger partial charge is 0.351 e. The topological polar surface area (TPSA) is 46.9 Å². The van der Waals surface area contributed by atoms with E-state index in [-0.39, 0.29) is 6.54 Å². The Bertz CT molecular complexity index is 868. The van der Waals surface area contributed by atoms with Crippen molar-refractivity contribution >= 4 is 5.91 Å². The Kier molecular flexibility index (Phi) is 8.05. The van der Waals surface area contributed by atoms with Crippen molar-refractivity contribution < 1.29 is 75.0 Å². The number of imidazole rings is 1. The van der Waals surface area contributed by atoms with Crippen LogP contribution in [0.25, 0.3) is 0 Å². The zero-order chi connectivity index (χ0) is 27.9. The summed E-state index contributed by atoms with van der Waals surface area (Å²) < 4.78 is 212. The van der Waals surface area contributed by atoms with Crippen molar-refractivity contribution in [2.24, 2.45) is 0 Å². The molecule has 35 heavy (non-hydrogen) atoms. The highest BCUT2D eigenvalue weighted by molar-refractivity contribution is 5.84. The molecule has 1 heterocycles. The summed E-state index contributed by atoms with van der Waals surface area (Å²) in [6.45, 7) is -1.18. The number of amides is 1. The summed E-state index contributed by atoms with van der Waals surface area (Å²) >= 11 is 0. The molecule has 1 rings (SSSR count). The number of alkyl halides is 16. The van der Waals surface area contributed by atoms with Gasteiger partial charge in [0.2, 0.25) is 0 Å². The Hall–Kier alpha value is -2.44. The monoisotopic (exact) mass is 553 g/mol. The predicted molar refractivity (Wildman–Crippen MR) is 80.5 cm³/mol. The van der Waals surface area contributed by atoms with Crippen LogP contribution in [0.2, 0.25) is 0 Å². The predicted octanol–water partition coefficient (Wildman–Crippen LogP) is 5.10. The van der Waals surface area contributed by atoms with E-state index in [1.807, 2.05) is 0 Å². The van der Waals surface area contributed by atoms with Gasteiger partial charge in [0.15, 0.2) is 0 Å². The summed E-state index contributed by atoms with van der Waals surface area (Å²) in [5.74, 6) is -59.5. The largest absolute Gasteiger partial charge is 0.392 e. The normalized spacial score (nSPS) is 15.0. The Morgan fingerprint density at radius 3 is 1.66 bits per heavy atom. The first-order valence-electron chi connectivity index (χ1n) is 8.61. The number of carbonyl (C=O) groups is 1. The zero-order valence-electron chi connectivity index (χ0n) is 16.3. The molecule has 0 unspecified atom stereocenters. The highest BCUT2D eigenvalue weighted by Crippen LogP contribution is 2.62. The van der Waals surface area contributed by atoms with Crippen LogP contribution in [-0.4, -0.2) is 69.9 Å². The van der Waals surface area contributed by atoms with Crippen LogP contribution in [0, 0.1) is 0 Å². The maximum Gasteiger partial charge on any atom is 0.392 e. The van der Waals surface area contributed by atoms with Crippen LogP contribution < -0.4 is 5.32 Å². The van der Waals surface area contributed by atoms with E-state index in [1.165, 1.54) is 17.0 Å². The molecule has 0 aliphatic rings. The lowest BCUT2D eigenvalue weighted by molar-refractivity contribution is -0.443. The molecular formula is C15H11F16N3O. The highest BCUT2D eigenvalue weighted by Gasteiger charge is 2.94. The summed E-state index contributed by atoms with van der Waals surface area (Å²) in [5.41, 5.74) is 0. The van der Waals surface area contributed by atoms with Gasteiger partial charge in [-0.05, 0) is 6.42 Å². The number of nitrogens with one attached hydrogen (secondary N) is 1. The van der Waals surface area contributed by atoms with Crippen LogP contribution in [0.5, 0.6) is 0 Å². The van der Waals surface area contributed by atoms with E-state index in [0.29, 0.717) is 0 Å². The van der Waals surface area contributed by atoms with Gasteiger partial charge in [-0.15, -0.1) is 0 Å². The van der Waals surface area contributed by atoms with Crippen molar-refractivity contribution in [3.63, 3.8) is 0 Å². The Balaban J connectivity index is 3.25. The number of halogens is 16. The molecule has 204 valence electrons. The fourth-order valence-electron chi connectivity index (χ4n) is 2.27. The number of aromatic nitrogens is 2. The van der Waals surface area contributed by atoms with E-state index in [2.05, 4.69) is 4.98 Å². The lowest BCUT2D eigenvalue weighted by atomic mass is 9.89. The Labute approximate surface area is 183 Å². The molecule has 1 aromatic heterocycles. The number of hydrogen-bond acceptors (Lipinski definition) is 2. The molecule has 1 amide bonds. The van der Waals surface area contributed by atoms with Crippen LogP contribution in [0.3, 0.4) is 0 Å². The van der Waals surface area contributed by atoms with Crippen LogP contribution in [0.4, 0.5) is 70.2 Å². The number of rotatable bonds is 12. The SMILES string of the molecule is O=C(NCCCn1ccnc1)C(F)(F)C(F)(F)C(F)(F)C(F)(F)C(F)(F)C(F)(F)C(F)(F)C(F)F. The van der Waals surface area contributed by atoms with Crippen molar-refractivity contribution in [3.8, 4) is 0 Å². The fraction of sp³-hybridized carbons (Fsp3) is 0.733. The van der Waals surface area contributed by atoms with Gasteiger partial charge in [-0.2, -0.15) is 61.5 Å². The minimum Gasteiger partial charge on any atom is -0.351 e. The second-order valence-electron chi connectivity index (χ2n) is 6.78. The second-order valence-corrected chi connectivity index (χ2v) is 6.78. The van der Waals surface area contributed by atoms with Crippen molar-refractivity contribution in [2.45, 2.75) is 60.8 Å². The van der Waals surface area contributed by atoms with Gasteiger partial charge in [0.05, 0.1) is 6.33 Å². The molecular weight excluding hydrogens is 542 g/mol. The first-order valence-corrected chi connectivity index (χ1v) is 8.61. The van der Waals surface area contributed by atoms with Gasteiger partial charge in [-0.1, -0.05) is 0 Å². The third-order valence-corrected chi connectivity index (χ3v) is 4.39. The van der Waals surface area contributed by atoms with Crippen LogP contribution >= 0.6 is 0 Å². The van der Waals surface area contributed by atoms with Crippen LogP contribution in [-0.2, 0) is 11.3 Å². The molecule has 0 spiro atoms. The summed E-state index contributed by atoms with van der Waals surface area (Å²) in [5, 5.41) is 0.887. The summed E-state index contributed by atoms with van der Waals surface area (Å²) in [6.07, 6.45) is -2.68. The molecule has 1 aromatic rings. The van der Waals surface area contributed by atoms with Crippen molar-refractivity contribution in [1.29, 1.82) is 0 Å². The first kappa shape index (κ1) is 30.6. The van der Waals surface area contributed by atoms with E-state index in [0.717, 1.165) is 11.6 Å². The molecule has 0 aliphatic heterocycles. The van der Waals surface area contributed by atoms with Gasteiger partial charge < -0.3 is 9.88 Å². The number of hydrogen-bond donors (Lipinski definition) is 1. The molecule has 0 fully saturated rings. The molecule has 0 radical (unpaired) electrons. The minimum atomic E-state index is -8.53. The molecule has 0 saturated heterocycles. The summed E-state index contributed by atoms with van der Waals surface area (Å²) in [7, 11) is 0. The van der Waals surface area contributed by atoms with E-state index < -0.39 is 66.8 Å². The first-order chi connectivity index (χ1) is 15.4. The van der Waals surface area contributed by atoms with Crippen LogP contribution in [0.15, 0.2) is 18.7 Å². The number of carbonyl (C=O) groups excluding carboxylic acids is 1. The highest BCUT2D eigenvalue weighted by atomic mass is 19.4. The molecule has 0 aliphatic carbocycles. The third kappa shape index (κ3) is 4.58. The van der Waals surface area contributed by atoms with Gasteiger partial charge in [0.1, 0.15) is 0 Å². The molecule has 1 N–H and O–H groups in total. The van der Waals surface area contributed by atoms with Crippen molar-refractivity contribution in [1.82, 2.24) is 14.9 Å². The molecule has 0 saturated carbocycles. The van der Waals surface area contributed by atoms with Gasteiger partial charge in [-0.25, -0.2) is 13.8 Å². The quantitative estimate of drug-likeness (QED) is 0.290. The average molecular weight is 553 g/mol. The molecule has 0 aromatic carbocycles.